The number of carbonyl (C=O) groups is 3. The molecule has 1 atom stereocenters. The van der Waals surface area contributed by atoms with Crippen LogP contribution >= 0.6 is 0 Å². The molecule has 0 aromatic rings. The number of rotatable bonds is 38. The summed E-state index contributed by atoms with van der Waals surface area (Å²) in [5.41, 5.74) is 0. The number of hydrogen-bond acceptors (Lipinski definition) is 6. The number of carbonyl (C=O) groups excluding carboxylic acids is 3. The molecule has 0 radical (unpaired) electrons. The summed E-state index contributed by atoms with van der Waals surface area (Å²) in [5, 5.41) is 0. The van der Waals surface area contributed by atoms with Crippen LogP contribution in [0.1, 0.15) is 233 Å². The minimum atomic E-state index is -0.754. The topological polar surface area (TPSA) is 78.9 Å². The lowest BCUT2D eigenvalue weighted by Crippen LogP contribution is -2.30. The summed E-state index contributed by atoms with van der Waals surface area (Å²) >= 11 is 0. The second-order valence-corrected chi connectivity index (χ2v) is 14.3. The third-order valence-corrected chi connectivity index (χ3v) is 9.36. The molecule has 0 aliphatic heterocycles. The highest BCUT2D eigenvalue weighted by Gasteiger charge is 2.19. The molecule has 0 fully saturated rings. The predicted octanol–water partition coefficient (Wildman–Crippen LogP) is 12.9. The van der Waals surface area contributed by atoms with Crippen molar-refractivity contribution in [2.75, 3.05) is 13.2 Å². The van der Waals surface area contributed by atoms with Gasteiger partial charge in [0.1, 0.15) is 13.2 Å². The van der Waals surface area contributed by atoms with E-state index in [2.05, 4.69) is 20.8 Å². The molecule has 6 nitrogen and oxygen atoms in total. The number of unbranched alkanes of at least 4 members (excludes halogenated alkanes) is 27. The van der Waals surface area contributed by atoms with E-state index in [0.29, 0.717) is 19.3 Å². The Morgan fingerprint density at radius 1 is 0.333 bits per heavy atom. The third kappa shape index (κ3) is 35.7. The SMILES string of the molecule is CCCCCCCCCCCCCCCCCCCCC(=O)OC[C@@H](COC(=O)CCCCCCCCC)OC(=O)CCCCCCC. The molecule has 0 bridgehead atoms. The van der Waals surface area contributed by atoms with Gasteiger partial charge in [-0.3, -0.25) is 14.4 Å². The average Bonchev–Trinajstić information content (AvgIpc) is 3.08. The van der Waals surface area contributed by atoms with Crippen LogP contribution in [-0.4, -0.2) is 37.2 Å². The van der Waals surface area contributed by atoms with Gasteiger partial charge in [-0.1, -0.05) is 194 Å². The number of hydrogen-bond donors (Lipinski definition) is 0. The first kappa shape index (κ1) is 46.4. The second kappa shape index (κ2) is 38.2. The summed E-state index contributed by atoms with van der Waals surface area (Å²) in [6.07, 6.45) is 37.1. The zero-order chi connectivity index (χ0) is 35.2. The van der Waals surface area contributed by atoms with E-state index in [0.717, 1.165) is 64.2 Å². The monoisotopic (exact) mass is 681 g/mol. The quantitative estimate of drug-likeness (QED) is 0.0367. The fourth-order valence-corrected chi connectivity index (χ4v) is 6.15. The molecule has 0 saturated heterocycles. The van der Waals surface area contributed by atoms with Gasteiger partial charge in [0.2, 0.25) is 0 Å². The van der Waals surface area contributed by atoms with E-state index in [1.807, 2.05) is 0 Å². The Morgan fingerprint density at radius 3 is 0.833 bits per heavy atom. The van der Waals surface area contributed by atoms with Gasteiger partial charge in [-0.25, -0.2) is 0 Å². The van der Waals surface area contributed by atoms with Gasteiger partial charge < -0.3 is 14.2 Å². The van der Waals surface area contributed by atoms with Crippen LogP contribution in [0.5, 0.6) is 0 Å². The van der Waals surface area contributed by atoms with Crippen LogP contribution in [0.2, 0.25) is 0 Å². The smallest absolute Gasteiger partial charge is 0.306 e. The molecule has 0 aliphatic carbocycles. The van der Waals surface area contributed by atoms with E-state index >= 15 is 0 Å². The summed E-state index contributed by atoms with van der Waals surface area (Å²) in [6, 6.07) is 0. The van der Waals surface area contributed by atoms with Crippen molar-refractivity contribution < 1.29 is 28.6 Å². The highest BCUT2D eigenvalue weighted by molar-refractivity contribution is 5.71. The Bertz CT molecular complexity index is 708. The fourth-order valence-electron chi connectivity index (χ4n) is 6.15. The van der Waals surface area contributed by atoms with Gasteiger partial charge in [-0.15, -0.1) is 0 Å². The molecule has 0 aromatic heterocycles. The summed E-state index contributed by atoms with van der Waals surface area (Å²) in [6.45, 7) is 6.52. The van der Waals surface area contributed by atoms with Crippen LogP contribution in [-0.2, 0) is 28.6 Å². The molecule has 48 heavy (non-hydrogen) atoms. The Labute approximate surface area is 298 Å². The van der Waals surface area contributed by atoms with E-state index in [1.54, 1.807) is 0 Å². The summed E-state index contributed by atoms with van der Waals surface area (Å²) in [7, 11) is 0. The standard InChI is InChI=1S/C42H80O6/c1-4-7-10-13-15-16-17-18-19-20-21-22-23-24-25-27-30-32-35-41(44)47-38-39(48-42(45)36-33-28-12-9-6-3)37-46-40(43)34-31-29-26-14-11-8-5-2/h39H,4-38H2,1-3H3/t39-/m1/s1. The maximum Gasteiger partial charge on any atom is 0.306 e. The van der Waals surface area contributed by atoms with Crippen LogP contribution in [0.4, 0.5) is 0 Å². The van der Waals surface area contributed by atoms with Crippen molar-refractivity contribution in [1.29, 1.82) is 0 Å². The van der Waals surface area contributed by atoms with Crippen molar-refractivity contribution in [3.05, 3.63) is 0 Å². The van der Waals surface area contributed by atoms with Crippen molar-refractivity contribution in [1.82, 2.24) is 0 Å². The van der Waals surface area contributed by atoms with Crippen molar-refractivity contribution in [2.24, 2.45) is 0 Å². The average molecular weight is 681 g/mol. The first-order valence-electron chi connectivity index (χ1n) is 21.0. The number of esters is 3. The summed E-state index contributed by atoms with van der Waals surface area (Å²) in [5.74, 6) is -0.880. The molecule has 0 saturated carbocycles. The predicted molar refractivity (Wildman–Crippen MR) is 201 cm³/mol. The van der Waals surface area contributed by atoms with E-state index in [-0.39, 0.29) is 31.1 Å². The lowest BCUT2D eigenvalue weighted by Gasteiger charge is -2.18. The largest absolute Gasteiger partial charge is 0.462 e. The van der Waals surface area contributed by atoms with Gasteiger partial charge in [0, 0.05) is 19.3 Å². The molecule has 0 aliphatic rings. The van der Waals surface area contributed by atoms with Gasteiger partial charge in [0.25, 0.3) is 0 Å². The van der Waals surface area contributed by atoms with Crippen molar-refractivity contribution in [2.45, 2.75) is 239 Å². The minimum Gasteiger partial charge on any atom is -0.462 e. The fraction of sp³-hybridized carbons (Fsp3) is 0.929. The van der Waals surface area contributed by atoms with Crippen molar-refractivity contribution in [3.63, 3.8) is 0 Å². The van der Waals surface area contributed by atoms with Gasteiger partial charge in [0.15, 0.2) is 6.10 Å². The first-order valence-corrected chi connectivity index (χ1v) is 21.0. The Balaban J connectivity index is 4.04. The lowest BCUT2D eigenvalue weighted by atomic mass is 10.0. The molecule has 0 N–H and O–H groups in total. The summed E-state index contributed by atoms with van der Waals surface area (Å²) in [4.78, 5) is 37.2. The van der Waals surface area contributed by atoms with Gasteiger partial charge in [0.05, 0.1) is 0 Å². The Morgan fingerprint density at radius 2 is 0.562 bits per heavy atom. The molecule has 0 rings (SSSR count). The lowest BCUT2D eigenvalue weighted by molar-refractivity contribution is -0.167. The Hall–Kier alpha value is -1.59. The van der Waals surface area contributed by atoms with Crippen LogP contribution in [0.25, 0.3) is 0 Å². The highest BCUT2D eigenvalue weighted by atomic mass is 16.6. The van der Waals surface area contributed by atoms with Crippen molar-refractivity contribution >= 4 is 17.9 Å². The van der Waals surface area contributed by atoms with Gasteiger partial charge in [-0.05, 0) is 19.3 Å². The number of ether oxygens (including phenoxy) is 3. The second-order valence-electron chi connectivity index (χ2n) is 14.3. The molecule has 0 spiro atoms. The first-order chi connectivity index (χ1) is 23.5. The molecular weight excluding hydrogens is 600 g/mol. The van der Waals surface area contributed by atoms with E-state index in [1.165, 1.54) is 128 Å². The van der Waals surface area contributed by atoms with E-state index < -0.39 is 6.10 Å². The minimum absolute atomic E-state index is 0.0653. The molecule has 284 valence electrons. The molecule has 0 aromatic carbocycles. The van der Waals surface area contributed by atoms with Crippen LogP contribution in [0, 0.1) is 0 Å². The molecule has 0 amide bonds. The Kier molecular flexibility index (Phi) is 36.9. The molecule has 6 heteroatoms. The maximum absolute atomic E-state index is 12.4. The molecular formula is C42H80O6. The zero-order valence-corrected chi connectivity index (χ0v) is 32.3. The third-order valence-electron chi connectivity index (χ3n) is 9.36. The zero-order valence-electron chi connectivity index (χ0n) is 32.3. The van der Waals surface area contributed by atoms with Crippen LogP contribution < -0.4 is 0 Å². The summed E-state index contributed by atoms with van der Waals surface area (Å²) < 4.78 is 16.5. The normalized spacial score (nSPS) is 11.8. The van der Waals surface area contributed by atoms with Crippen LogP contribution in [0.3, 0.4) is 0 Å². The van der Waals surface area contributed by atoms with Gasteiger partial charge >= 0.3 is 17.9 Å². The van der Waals surface area contributed by atoms with Gasteiger partial charge in [-0.2, -0.15) is 0 Å². The maximum atomic E-state index is 12.4. The van der Waals surface area contributed by atoms with E-state index in [4.69, 9.17) is 14.2 Å². The van der Waals surface area contributed by atoms with Crippen LogP contribution in [0.15, 0.2) is 0 Å². The van der Waals surface area contributed by atoms with E-state index in [9.17, 15) is 14.4 Å². The molecule has 0 unspecified atom stereocenters. The van der Waals surface area contributed by atoms with Crippen molar-refractivity contribution in [3.8, 4) is 0 Å². The highest BCUT2D eigenvalue weighted by Crippen LogP contribution is 2.15. The molecule has 0 heterocycles.